The van der Waals surface area contributed by atoms with E-state index < -0.39 is 0 Å². The van der Waals surface area contributed by atoms with Gasteiger partial charge < -0.3 is 4.74 Å². The monoisotopic (exact) mass is 204 g/mol. The minimum absolute atomic E-state index is 0.0969. The van der Waals surface area contributed by atoms with Gasteiger partial charge in [-0.1, -0.05) is 6.07 Å². The van der Waals surface area contributed by atoms with E-state index in [1.165, 1.54) is 11.1 Å². The number of aryl methyl sites for hydroxylation is 2. The largest absolute Gasteiger partial charge is 0.490 e. The summed E-state index contributed by atoms with van der Waals surface area (Å²) in [7, 11) is 0. The third-order valence-corrected chi connectivity index (χ3v) is 2.98. The molecule has 0 spiro atoms. The Kier molecular flexibility index (Phi) is 2.76. The first-order valence-corrected chi connectivity index (χ1v) is 5.41. The van der Waals surface area contributed by atoms with Gasteiger partial charge in [-0.15, -0.1) is 0 Å². The smallest absolute Gasteiger partial charge is 0.136 e. The van der Waals surface area contributed by atoms with Gasteiger partial charge in [0.2, 0.25) is 0 Å². The van der Waals surface area contributed by atoms with Crippen molar-refractivity contribution in [1.29, 1.82) is 0 Å². The second-order valence-corrected chi connectivity index (χ2v) is 4.27. The number of Topliss-reactive ketones (excluding diaryl/α,β-unsaturated/α-hetero) is 1. The van der Waals surface area contributed by atoms with Crippen LogP contribution >= 0.6 is 0 Å². The summed E-state index contributed by atoms with van der Waals surface area (Å²) in [5.41, 5.74) is 2.50. The van der Waals surface area contributed by atoms with Crippen LogP contribution in [0.3, 0.4) is 0 Å². The Bertz CT molecular complexity index is 382. The Morgan fingerprint density at radius 2 is 2.07 bits per heavy atom. The average Bonchev–Trinajstić information content (AvgIpc) is 2.58. The number of benzene rings is 1. The lowest BCUT2D eigenvalue weighted by atomic mass is 10.1. The lowest BCUT2D eigenvalue weighted by Crippen LogP contribution is -2.12. The van der Waals surface area contributed by atoms with Crippen molar-refractivity contribution in [2.75, 3.05) is 0 Å². The number of rotatable bonds is 2. The highest BCUT2D eigenvalue weighted by molar-refractivity contribution is 5.81. The molecule has 0 radical (unpaired) electrons. The van der Waals surface area contributed by atoms with Gasteiger partial charge in [0.05, 0.1) is 0 Å². The number of hydrogen-bond donors (Lipinski definition) is 0. The van der Waals surface area contributed by atoms with Crippen molar-refractivity contribution in [2.24, 2.45) is 0 Å². The van der Waals surface area contributed by atoms with Crippen molar-refractivity contribution in [1.82, 2.24) is 0 Å². The van der Waals surface area contributed by atoms with Crippen molar-refractivity contribution >= 4 is 5.78 Å². The molecule has 1 atom stereocenters. The standard InChI is InChI=1S/C13H16O2/c1-9-3-5-12(7-10(9)2)15-13-6-4-11(14)8-13/h3,5,7,13H,4,6,8H2,1-2H3. The minimum atomic E-state index is 0.0969. The van der Waals surface area contributed by atoms with Crippen molar-refractivity contribution in [3.8, 4) is 5.75 Å². The molecular formula is C13H16O2. The molecule has 0 aliphatic heterocycles. The second kappa shape index (κ2) is 4.05. The maximum atomic E-state index is 11.1. The van der Waals surface area contributed by atoms with Gasteiger partial charge in [0.1, 0.15) is 17.6 Å². The fraction of sp³-hybridized carbons (Fsp3) is 0.462. The summed E-state index contributed by atoms with van der Waals surface area (Å²) in [6.45, 7) is 4.15. The van der Waals surface area contributed by atoms with Crippen LogP contribution < -0.4 is 4.74 Å². The summed E-state index contributed by atoms with van der Waals surface area (Å²) < 4.78 is 5.76. The highest BCUT2D eigenvalue weighted by Gasteiger charge is 2.23. The van der Waals surface area contributed by atoms with E-state index in [1.54, 1.807) is 0 Å². The molecular weight excluding hydrogens is 188 g/mol. The van der Waals surface area contributed by atoms with Crippen molar-refractivity contribution < 1.29 is 9.53 Å². The first kappa shape index (κ1) is 10.2. The summed E-state index contributed by atoms with van der Waals surface area (Å²) >= 11 is 0. The molecule has 2 rings (SSSR count). The first-order valence-electron chi connectivity index (χ1n) is 5.41. The molecule has 1 fully saturated rings. The summed E-state index contributed by atoms with van der Waals surface area (Å²) in [6, 6.07) is 6.07. The molecule has 1 saturated carbocycles. The predicted molar refractivity (Wildman–Crippen MR) is 59.2 cm³/mol. The van der Waals surface area contributed by atoms with E-state index in [4.69, 9.17) is 4.74 Å². The topological polar surface area (TPSA) is 26.3 Å². The predicted octanol–water partition coefficient (Wildman–Crippen LogP) is 2.80. The Morgan fingerprint density at radius 3 is 2.67 bits per heavy atom. The highest BCUT2D eigenvalue weighted by atomic mass is 16.5. The second-order valence-electron chi connectivity index (χ2n) is 4.27. The molecule has 80 valence electrons. The highest BCUT2D eigenvalue weighted by Crippen LogP contribution is 2.23. The van der Waals surface area contributed by atoms with Gasteiger partial charge in [0.25, 0.3) is 0 Å². The van der Waals surface area contributed by atoms with Gasteiger partial charge in [-0.25, -0.2) is 0 Å². The maximum absolute atomic E-state index is 11.1. The van der Waals surface area contributed by atoms with Crippen LogP contribution in [0, 0.1) is 13.8 Å². The van der Waals surface area contributed by atoms with Crippen LogP contribution in [-0.2, 0) is 4.79 Å². The third kappa shape index (κ3) is 2.38. The fourth-order valence-corrected chi connectivity index (χ4v) is 1.86. The quantitative estimate of drug-likeness (QED) is 0.740. The maximum Gasteiger partial charge on any atom is 0.136 e. The van der Waals surface area contributed by atoms with E-state index in [0.29, 0.717) is 18.6 Å². The van der Waals surface area contributed by atoms with Crippen LogP contribution in [0.4, 0.5) is 0 Å². The fourth-order valence-electron chi connectivity index (χ4n) is 1.86. The van der Waals surface area contributed by atoms with Crippen LogP contribution in [0.5, 0.6) is 5.75 Å². The van der Waals surface area contributed by atoms with Gasteiger partial charge in [-0.2, -0.15) is 0 Å². The van der Waals surface area contributed by atoms with E-state index in [2.05, 4.69) is 19.9 Å². The average molecular weight is 204 g/mol. The first-order chi connectivity index (χ1) is 7.15. The molecule has 0 amide bonds. The summed E-state index contributed by atoms with van der Waals surface area (Å²) in [4.78, 5) is 11.1. The van der Waals surface area contributed by atoms with Gasteiger partial charge in [-0.05, 0) is 43.5 Å². The summed E-state index contributed by atoms with van der Waals surface area (Å²) in [5, 5.41) is 0. The van der Waals surface area contributed by atoms with Crippen molar-refractivity contribution in [3.63, 3.8) is 0 Å². The Morgan fingerprint density at radius 1 is 1.27 bits per heavy atom. The van der Waals surface area contributed by atoms with E-state index in [-0.39, 0.29) is 6.10 Å². The molecule has 2 nitrogen and oxygen atoms in total. The van der Waals surface area contributed by atoms with E-state index in [1.807, 2.05) is 12.1 Å². The molecule has 0 heterocycles. The van der Waals surface area contributed by atoms with Gasteiger partial charge in [0, 0.05) is 12.8 Å². The van der Waals surface area contributed by atoms with E-state index >= 15 is 0 Å². The zero-order valence-electron chi connectivity index (χ0n) is 9.25. The van der Waals surface area contributed by atoms with Gasteiger partial charge >= 0.3 is 0 Å². The normalized spacial score (nSPS) is 20.7. The molecule has 0 bridgehead atoms. The van der Waals surface area contributed by atoms with Crippen molar-refractivity contribution in [3.05, 3.63) is 29.3 Å². The molecule has 1 unspecified atom stereocenters. The van der Waals surface area contributed by atoms with E-state index in [0.717, 1.165) is 12.2 Å². The number of hydrogen-bond acceptors (Lipinski definition) is 2. The summed E-state index contributed by atoms with van der Waals surface area (Å²) in [5.74, 6) is 1.21. The number of carbonyl (C=O) groups excluding carboxylic acids is 1. The Hall–Kier alpha value is -1.31. The van der Waals surface area contributed by atoms with Gasteiger partial charge in [-0.3, -0.25) is 4.79 Å². The number of ketones is 1. The molecule has 0 N–H and O–H groups in total. The van der Waals surface area contributed by atoms with Crippen LogP contribution in [-0.4, -0.2) is 11.9 Å². The molecule has 1 aliphatic rings. The SMILES string of the molecule is Cc1ccc(OC2CCC(=O)C2)cc1C. The lowest BCUT2D eigenvalue weighted by Gasteiger charge is -2.13. The van der Waals surface area contributed by atoms with Crippen LogP contribution in [0.1, 0.15) is 30.4 Å². The van der Waals surface area contributed by atoms with Crippen LogP contribution in [0.15, 0.2) is 18.2 Å². The zero-order valence-corrected chi connectivity index (χ0v) is 9.25. The molecule has 0 aromatic heterocycles. The van der Waals surface area contributed by atoms with Crippen molar-refractivity contribution in [2.45, 2.75) is 39.2 Å². The zero-order chi connectivity index (χ0) is 10.8. The minimum Gasteiger partial charge on any atom is -0.490 e. The lowest BCUT2D eigenvalue weighted by molar-refractivity contribution is -0.117. The van der Waals surface area contributed by atoms with Crippen LogP contribution in [0.25, 0.3) is 0 Å². The molecule has 0 saturated heterocycles. The summed E-state index contributed by atoms with van der Waals surface area (Å²) in [6.07, 6.45) is 2.22. The Labute approximate surface area is 90.3 Å². The Balaban J connectivity index is 2.05. The molecule has 1 aromatic rings. The number of carbonyl (C=O) groups is 1. The number of ether oxygens (including phenoxy) is 1. The third-order valence-electron chi connectivity index (χ3n) is 2.98. The molecule has 2 heteroatoms. The van der Waals surface area contributed by atoms with Crippen LogP contribution in [0.2, 0.25) is 0 Å². The molecule has 15 heavy (non-hydrogen) atoms. The van der Waals surface area contributed by atoms with E-state index in [9.17, 15) is 4.79 Å². The molecule has 1 aliphatic carbocycles. The molecule has 1 aromatic carbocycles. The van der Waals surface area contributed by atoms with Gasteiger partial charge in [0.15, 0.2) is 0 Å².